The number of pyridine rings is 1. The van der Waals surface area contributed by atoms with E-state index < -0.39 is 0 Å². The number of hydrogen-bond donors (Lipinski definition) is 0. The van der Waals surface area contributed by atoms with Gasteiger partial charge in [-0.1, -0.05) is 35.9 Å². The molecule has 5 nitrogen and oxygen atoms in total. The van der Waals surface area contributed by atoms with Crippen molar-refractivity contribution >= 4 is 17.5 Å². The molecule has 1 aromatic heterocycles. The number of amides is 1. The summed E-state index contributed by atoms with van der Waals surface area (Å²) in [4.78, 5) is 29.6. The van der Waals surface area contributed by atoms with Gasteiger partial charge in [-0.2, -0.15) is 0 Å². The summed E-state index contributed by atoms with van der Waals surface area (Å²) in [6.45, 7) is 4.21. The Balaban J connectivity index is 1.28. The molecule has 0 aliphatic carbocycles. The topological polar surface area (TPSA) is 45.6 Å². The molecular formula is C24H28ClN3O2. The van der Waals surface area contributed by atoms with Gasteiger partial charge in [-0.25, -0.2) is 0 Å². The van der Waals surface area contributed by atoms with Crippen molar-refractivity contribution in [2.75, 3.05) is 19.6 Å². The molecule has 2 bridgehead atoms. The fourth-order valence-corrected chi connectivity index (χ4v) is 5.81. The monoisotopic (exact) mass is 425 g/mol. The summed E-state index contributed by atoms with van der Waals surface area (Å²) in [6, 6.07) is 13.9. The average molecular weight is 426 g/mol. The van der Waals surface area contributed by atoms with Gasteiger partial charge in [-0.05, 0) is 42.9 Å². The smallest absolute Gasteiger partial charge is 0.250 e. The third-order valence-electron chi connectivity index (χ3n) is 7.12. The molecule has 0 spiro atoms. The van der Waals surface area contributed by atoms with E-state index in [4.69, 9.17) is 11.6 Å². The van der Waals surface area contributed by atoms with Crippen molar-refractivity contribution < 1.29 is 4.79 Å². The minimum absolute atomic E-state index is 0.130. The average Bonchev–Trinajstić information content (AvgIpc) is 2.92. The van der Waals surface area contributed by atoms with E-state index in [-0.39, 0.29) is 11.5 Å². The molecule has 30 heavy (non-hydrogen) atoms. The second-order valence-electron chi connectivity index (χ2n) is 9.04. The van der Waals surface area contributed by atoms with Crippen molar-refractivity contribution in [1.82, 2.24) is 14.4 Å². The zero-order valence-corrected chi connectivity index (χ0v) is 17.9. The van der Waals surface area contributed by atoms with Gasteiger partial charge in [-0.15, -0.1) is 0 Å². The first-order valence-corrected chi connectivity index (χ1v) is 11.4. The highest BCUT2D eigenvalue weighted by atomic mass is 35.5. The van der Waals surface area contributed by atoms with Crippen LogP contribution in [0.3, 0.4) is 0 Å². The highest BCUT2D eigenvalue weighted by molar-refractivity contribution is 6.31. The zero-order chi connectivity index (χ0) is 20.7. The molecular weight excluding hydrogens is 398 g/mol. The summed E-state index contributed by atoms with van der Waals surface area (Å²) in [6.07, 6.45) is 3.68. The van der Waals surface area contributed by atoms with Crippen LogP contribution in [0.5, 0.6) is 0 Å². The van der Waals surface area contributed by atoms with E-state index in [1.807, 2.05) is 39.8 Å². The van der Waals surface area contributed by atoms with Crippen molar-refractivity contribution in [3.8, 4) is 0 Å². The van der Waals surface area contributed by atoms with Gasteiger partial charge in [0.15, 0.2) is 0 Å². The van der Waals surface area contributed by atoms with Crippen LogP contribution in [0, 0.1) is 5.92 Å². The summed E-state index contributed by atoms with van der Waals surface area (Å²) < 4.78 is 1.98. The fourth-order valence-electron chi connectivity index (χ4n) is 5.62. The molecule has 2 saturated heterocycles. The highest BCUT2D eigenvalue weighted by Gasteiger charge is 2.37. The summed E-state index contributed by atoms with van der Waals surface area (Å²) in [5, 5.41) is 0.726. The molecule has 2 aromatic rings. The molecule has 6 heteroatoms. The molecule has 0 N–H and O–H groups in total. The normalized spacial score (nSPS) is 26.9. The molecule has 3 aliphatic heterocycles. The van der Waals surface area contributed by atoms with E-state index in [2.05, 4.69) is 11.0 Å². The predicted octanol–water partition coefficient (Wildman–Crippen LogP) is 3.50. The van der Waals surface area contributed by atoms with Gasteiger partial charge < -0.3 is 9.47 Å². The van der Waals surface area contributed by atoms with Gasteiger partial charge in [0, 0.05) is 67.9 Å². The van der Waals surface area contributed by atoms with E-state index in [0.717, 1.165) is 49.6 Å². The molecule has 5 rings (SSSR count). The minimum Gasteiger partial charge on any atom is -0.338 e. The number of rotatable bonds is 3. The number of benzene rings is 1. The van der Waals surface area contributed by atoms with E-state index >= 15 is 0 Å². The number of hydrogen-bond acceptors (Lipinski definition) is 3. The van der Waals surface area contributed by atoms with Crippen molar-refractivity contribution in [3.63, 3.8) is 0 Å². The molecule has 1 unspecified atom stereocenters. The number of fused-ring (bicyclic) bond motifs is 4. The van der Waals surface area contributed by atoms with Crippen LogP contribution in [0.15, 0.2) is 47.3 Å². The molecule has 4 heterocycles. The predicted molar refractivity (Wildman–Crippen MR) is 118 cm³/mol. The number of piperidine rings is 1. The van der Waals surface area contributed by atoms with E-state index in [1.165, 1.54) is 12.1 Å². The Kier molecular flexibility index (Phi) is 5.42. The standard InChI is InChI=1S/C24H28ClN3O2/c25-21-5-2-1-4-18(21)15-26-11-10-20(8-9-23(26)29)27-13-17-12-19(16-27)22-6-3-7-24(30)28(22)14-17/h1-7,17,19-20H,8-16H2/t17-,19+,20?/m1/s1. The van der Waals surface area contributed by atoms with Crippen LogP contribution in [0.1, 0.15) is 42.9 Å². The Morgan fingerprint density at radius 3 is 2.70 bits per heavy atom. The Bertz CT molecular complexity index is 1000. The first-order valence-electron chi connectivity index (χ1n) is 11.0. The highest BCUT2D eigenvalue weighted by Crippen LogP contribution is 2.37. The number of carbonyl (C=O) groups is 1. The molecule has 3 atom stereocenters. The molecule has 0 saturated carbocycles. The molecule has 3 aliphatic rings. The second-order valence-corrected chi connectivity index (χ2v) is 9.45. The van der Waals surface area contributed by atoms with Crippen LogP contribution in [-0.2, 0) is 17.9 Å². The Hall–Kier alpha value is -2.11. The molecule has 1 amide bonds. The van der Waals surface area contributed by atoms with E-state index in [1.54, 1.807) is 6.07 Å². The van der Waals surface area contributed by atoms with Gasteiger partial charge in [0.05, 0.1) is 0 Å². The molecule has 0 radical (unpaired) electrons. The number of carbonyl (C=O) groups excluding carboxylic acids is 1. The lowest BCUT2D eigenvalue weighted by molar-refractivity contribution is -0.131. The first-order chi connectivity index (χ1) is 14.6. The number of likely N-dealkylation sites (tertiary alicyclic amines) is 2. The van der Waals surface area contributed by atoms with Gasteiger partial charge >= 0.3 is 0 Å². The number of nitrogens with zero attached hydrogens (tertiary/aromatic N) is 3. The summed E-state index contributed by atoms with van der Waals surface area (Å²) >= 11 is 6.32. The van der Waals surface area contributed by atoms with Crippen LogP contribution in [0.4, 0.5) is 0 Å². The summed E-state index contributed by atoms with van der Waals surface area (Å²) in [5.74, 6) is 1.17. The minimum atomic E-state index is 0.130. The lowest BCUT2D eigenvalue weighted by atomic mass is 9.82. The maximum Gasteiger partial charge on any atom is 0.250 e. The first kappa shape index (κ1) is 19.8. The lowest BCUT2D eigenvalue weighted by Crippen LogP contribution is -2.50. The maximum atomic E-state index is 12.8. The SMILES string of the molecule is O=C1CCC(N2C[C@H]3C[C@@H](C2)c2cccc(=O)n2C3)CCN1Cc1ccccc1Cl. The second kappa shape index (κ2) is 8.20. The molecule has 1 aromatic carbocycles. The Labute approximate surface area is 182 Å². The van der Waals surface area contributed by atoms with Crippen molar-refractivity contribution in [1.29, 1.82) is 0 Å². The molecule has 2 fully saturated rings. The van der Waals surface area contributed by atoms with Gasteiger partial charge in [0.1, 0.15) is 0 Å². The van der Waals surface area contributed by atoms with Crippen LogP contribution < -0.4 is 5.56 Å². The maximum absolute atomic E-state index is 12.8. The van der Waals surface area contributed by atoms with E-state index in [9.17, 15) is 9.59 Å². The van der Waals surface area contributed by atoms with Crippen LogP contribution in [0.2, 0.25) is 5.02 Å². The van der Waals surface area contributed by atoms with Crippen molar-refractivity contribution in [2.24, 2.45) is 5.92 Å². The van der Waals surface area contributed by atoms with Crippen LogP contribution in [-0.4, -0.2) is 46.0 Å². The third kappa shape index (κ3) is 3.81. The number of halogens is 1. The summed E-state index contributed by atoms with van der Waals surface area (Å²) in [5.41, 5.74) is 2.33. The van der Waals surface area contributed by atoms with Crippen LogP contribution in [0.25, 0.3) is 0 Å². The Morgan fingerprint density at radius 1 is 0.967 bits per heavy atom. The van der Waals surface area contributed by atoms with Gasteiger partial charge in [0.2, 0.25) is 5.91 Å². The Morgan fingerprint density at radius 2 is 1.83 bits per heavy atom. The third-order valence-corrected chi connectivity index (χ3v) is 7.49. The zero-order valence-electron chi connectivity index (χ0n) is 17.2. The van der Waals surface area contributed by atoms with E-state index in [0.29, 0.717) is 30.8 Å². The fraction of sp³-hybridized carbons (Fsp3) is 0.500. The van der Waals surface area contributed by atoms with Crippen molar-refractivity contribution in [2.45, 2.75) is 50.7 Å². The lowest BCUT2D eigenvalue weighted by Gasteiger charge is -2.45. The van der Waals surface area contributed by atoms with Gasteiger partial charge in [0.25, 0.3) is 5.56 Å². The summed E-state index contributed by atoms with van der Waals surface area (Å²) in [7, 11) is 0. The number of aromatic nitrogens is 1. The molecule has 158 valence electrons. The largest absolute Gasteiger partial charge is 0.338 e. The van der Waals surface area contributed by atoms with Gasteiger partial charge in [-0.3, -0.25) is 14.5 Å². The van der Waals surface area contributed by atoms with Crippen LogP contribution >= 0.6 is 11.6 Å². The quantitative estimate of drug-likeness (QED) is 0.756. The van der Waals surface area contributed by atoms with Crippen molar-refractivity contribution in [3.05, 3.63) is 69.1 Å².